The first-order valence-corrected chi connectivity index (χ1v) is 10.8. The van der Waals surface area contributed by atoms with Crippen molar-refractivity contribution < 1.29 is 14.6 Å². The highest BCUT2D eigenvalue weighted by atomic mass is 16.6. The summed E-state index contributed by atoms with van der Waals surface area (Å²) in [6, 6.07) is 3.76. The molecule has 8 heteroatoms. The molecule has 2 aromatic heterocycles. The van der Waals surface area contributed by atoms with E-state index < -0.39 is 11.7 Å². The van der Waals surface area contributed by atoms with E-state index in [0.29, 0.717) is 47.3 Å². The van der Waals surface area contributed by atoms with Gasteiger partial charge in [-0.15, -0.1) is 0 Å². The Bertz CT molecular complexity index is 1310. The zero-order valence-electron chi connectivity index (χ0n) is 19.5. The van der Waals surface area contributed by atoms with E-state index in [4.69, 9.17) is 4.74 Å². The Balaban J connectivity index is 1.81. The first kappa shape index (κ1) is 22.1. The number of benzene rings is 1. The second kappa shape index (κ2) is 7.78. The predicted molar refractivity (Wildman–Crippen MR) is 124 cm³/mol. The minimum Gasteiger partial charge on any atom is -0.444 e. The molecule has 0 spiro atoms. The number of aliphatic hydroxyl groups excluding tert-OH is 1. The summed E-state index contributed by atoms with van der Waals surface area (Å²) in [5.41, 5.74) is 3.98. The van der Waals surface area contributed by atoms with Crippen molar-refractivity contribution >= 4 is 28.2 Å². The Kier molecular flexibility index (Phi) is 5.36. The molecule has 0 fully saturated rings. The highest BCUT2D eigenvalue weighted by molar-refractivity contribution is 5.87. The van der Waals surface area contributed by atoms with Crippen LogP contribution < -0.4 is 5.56 Å². The molecular formula is C24H30N4O4. The number of carbonyl (C=O) groups is 1. The second-order valence-electron chi connectivity index (χ2n) is 9.48. The molecule has 1 N–H and O–H groups in total. The molecule has 170 valence electrons. The minimum absolute atomic E-state index is 0.133. The first-order chi connectivity index (χ1) is 15.0. The molecule has 0 bridgehead atoms. The molecule has 1 aliphatic heterocycles. The van der Waals surface area contributed by atoms with Gasteiger partial charge in [-0.1, -0.05) is 12.1 Å². The van der Waals surface area contributed by atoms with Crippen molar-refractivity contribution in [3.63, 3.8) is 0 Å². The normalized spacial score (nSPS) is 15.8. The van der Waals surface area contributed by atoms with E-state index in [1.54, 1.807) is 29.8 Å². The molecule has 1 amide bonds. The van der Waals surface area contributed by atoms with Gasteiger partial charge in [-0.2, -0.15) is 0 Å². The van der Waals surface area contributed by atoms with Crippen molar-refractivity contribution in [1.82, 2.24) is 18.9 Å². The number of aryl methyl sites for hydroxylation is 2. The van der Waals surface area contributed by atoms with Crippen molar-refractivity contribution in [2.75, 3.05) is 13.1 Å². The van der Waals surface area contributed by atoms with Crippen molar-refractivity contribution in [2.45, 2.75) is 52.7 Å². The summed E-state index contributed by atoms with van der Waals surface area (Å²) in [5.74, 6) is 0. The van der Waals surface area contributed by atoms with Crippen LogP contribution in [0.5, 0.6) is 0 Å². The number of aliphatic hydroxyl groups is 1. The molecule has 1 atom stereocenters. The first-order valence-electron chi connectivity index (χ1n) is 10.8. The van der Waals surface area contributed by atoms with E-state index in [2.05, 4.69) is 4.98 Å². The lowest BCUT2D eigenvalue weighted by molar-refractivity contribution is 0.0270. The minimum atomic E-state index is -0.727. The zero-order valence-corrected chi connectivity index (χ0v) is 19.5. The van der Waals surface area contributed by atoms with Crippen molar-refractivity contribution in [1.29, 1.82) is 0 Å². The van der Waals surface area contributed by atoms with Crippen LogP contribution in [0, 0.1) is 6.92 Å². The molecule has 0 saturated heterocycles. The Morgan fingerprint density at radius 2 is 2.00 bits per heavy atom. The average molecular weight is 439 g/mol. The fourth-order valence-corrected chi connectivity index (χ4v) is 4.26. The molecule has 1 aliphatic rings. The third-order valence-corrected chi connectivity index (χ3v) is 5.73. The van der Waals surface area contributed by atoms with Crippen LogP contribution in [0.2, 0.25) is 0 Å². The van der Waals surface area contributed by atoms with Crippen LogP contribution in [0.15, 0.2) is 29.3 Å². The monoisotopic (exact) mass is 438 g/mol. The molecule has 4 rings (SSSR count). The van der Waals surface area contributed by atoms with E-state index in [1.165, 1.54) is 0 Å². The predicted octanol–water partition coefficient (Wildman–Crippen LogP) is 3.57. The van der Waals surface area contributed by atoms with E-state index in [1.807, 2.05) is 50.3 Å². The average Bonchev–Trinajstić information content (AvgIpc) is 3.15. The largest absolute Gasteiger partial charge is 0.444 e. The van der Waals surface area contributed by atoms with Gasteiger partial charge in [-0.25, -0.2) is 9.78 Å². The lowest BCUT2D eigenvalue weighted by Crippen LogP contribution is -2.39. The van der Waals surface area contributed by atoms with Crippen LogP contribution in [0.4, 0.5) is 4.79 Å². The van der Waals surface area contributed by atoms with Crippen LogP contribution in [-0.4, -0.2) is 48.7 Å². The number of aromatic nitrogens is 3. The van der Waals surface area contributed by atoms with Gasteiger partial charge in [-0.05, 0) is 58.2 Å². The molecule has 0 aliphatic carbocycles. The molecule has 8 nitrogen and oxygen atoms in total. The van der Waals surface area contributed by atoms with Gasteiger partial charge in [0.2, 0.25) is 0 Å². The maximum absolute atomic E-state index is 13.2. The molecule has 1 unspecified atom stereocenters. The summed E-state index contributed by atoms with van der Waals surface area (Å²) in [4.78, 5) is 31.9. The van der Waals surface area contributed by atoms with Crippen LogP contribution in [0.25, 0.3) is 22.1 Å². The lowest BCUT2D eigenvalue weighted by atomic mass is 10.0. The third-order valence-electron chi connectivity index (χ3n) is 5.73. The Hall–Kier alpha value is -3.13. The van der Waals surface area contributed by atoms with E-state index in [9.17, 15) is 14.7 Å². The Morgan fingerprint density at radius 1 is 1.28 bits per heavy atom. The molecule has 3 heterocycles. The summed E-state index contributed by atoms with van der Waals surface area (Å²) in [6.07, 6.45) is 3.21. The SMILES string of the molecule is Cc1cc(C(C)O)c2c(c1)c(=O)n(C)c1c(C3=CCN(C(=O)OC(C)(C)C)CC3)ncn21. The molecule has 0 saturated carbocycles. The van der Waals surface area contributed by atoms with E-state index in [-0.39, 0.29) is 11.7 Å². The van der Waals surface area contributed by atoms with E-state index >= 15 is 0 Å². The fourth-order valence-electron chi connectivity index (χ4n) is 4.26. The highest BCUT2D eigenvalue weighted by Gasteiger charge is 2.26. The lowest BCUT2D eigenvalue weighted by Gasteiger charge is -2.29. The quantitative estimate of drug-likeness (QED) is 0.661. The number of hydrogen-bond donors (Lipinski definition) is 1. The number of ether oxygens (including phenoxy) is 1. The smallest absolute Gasteiger partial charge is 0.410 e. The maximum Gasteiger partial charge on any atom is 0.410 e. The standard InChI is InChI=1S/C24H30N4O4/c1-14-11-17(15(2)29)20-18(12-14)22(30)26(6)21-19(25-13-28(20)21)16-7-9-27(10-8-16)23(31)32-24(3,4)5/h7,11-13,15,29H,8-10H2,1-6H3. The zero-order chi connectivity index (χ0) is 23.4. The van der Waals surface area contributed by atoms with Crippen LogP contribution in [0.1, 0.15) is 57.0 Å². The number of amides is 1. The fraction of sp³-hybridized carbons (Fsp3) is 0.458. The van der Waals surface area contributed by atoms with Crippen LogP contribution >= 0.6 is 0 Å². The van der Waals surface area contributed by atoms with Gasteiger partial charge >= 0.3 is 6.09 Å². The van der Waals surface area contributed by atoms with Gasteiger partial charge in [0.05, 0.1) is 17.0 Å². The number of carbonyl (C=O) groups excluding carboxylic acids is 1. The molecular weight excluding hydrogens is 408 g/mol. The molecule has 3 aromatic rings. The van der Waals surface area contributed by atoms with Crippen molar-refractivity contribution in [2.24, 2.45) is 7.05 Å². The summed E-state index contributed by atoms with van der Waals surface area (Å²) >= 11 is 0. The second-order valence-corrected chi connectivity index (χ2v) is 9.48. The van der Waals surface area contributed by atoms with Gasteiger partial charge in [0.1, 0.15) is 23.3 Å². The van der Waals surface area contributed by atoms with Gasteiger partial charge in [0.15, 0.2) is 0 Å². The number of imidazole rings is 1. The van der Waals surface area contributed by atoms with Gasteiger partial charge < -0.3 is 14.7 Å². The molecule has 0 radical (unpaired) electrons. The summed E-state index contributed by atoms with van der Waals surface area (Å²) in [5, 5.41) is 10.9. The van der Waals surface area contributed by atoms with Crippen molar-refractivity contribution in [3.05, 3.63) is 51.7 Å². The van der Waals surface area contributed by atoms with Crippen LogP contribution in [0.3, 0.4) is 0 Å². The van der Waals surface area contributed by atoms with Gasteiger partial charge in [-0.3, -0.25) is 13.8 Å². The summed E-state index contributed by atoms with van der Waals surface area (Å²) in [7, 11) is 1.74. The summed E-state index contributed by atoms with van der Waals surface area (Å²) < 4.78 is 8.96. The number of fused-ring (bicyclic) bond motifs is 3. The maximum atomic E-state index is 13.2. The van der Waals surface area contributed by atoms with Crippen LogP contribution in [-0.2, 0) is 11.8 Å². The molecule has 32 heavy (non-hydrogen) atoms. The Morgan fingerprint density at radius 3 is 2.59 bits per heavy atom. The highest BCUT2D eigenvalue weighted by Crippen LogP contribution is 2.30. The van der Waals surface area contributed by atoms with E-state index in [0.717, 1.165) is 11.1 Å². The summed E-state index contributed by atoms with van der Waals surface area (Å²) in [6.45, 7) is 10.1. The number of hydrogen-bond acceptors (Lipinski definition) is 5. The third kappa shape index (κ3) is 3.79. The molecule has 1 aromatic carbocycles. The number of nitrogens with zero attached hydrogens (tertiary/aromatic N) is 4. The Labute approximate surface area is 186 Å². The van der Waals surface area contributed by atoms with Gasteiger partial charge in [0.25, 0.3) is 5.56 Å². The van der Waals surface area contributed by atoms with Gasteiger partial charge in [0, 0.05) is 25.7 Å². The van der Waals surface area contributed by atoms with Crippen molar-refractivity contribution in [3.8, 4) is 0 Å². The number of rotatable bonds is 2. The topological polar surface area (TPSA) is 89.1 Å².